The van der Waals surface area contributed by atoms with Gasteiger partial charge < -0.3 is 0 Å². The highest BCUT2D eigenvalue weighted by Crippen LogP contribution is 2.19. The van der Waals surface area contributed by atoms with E-state index in [0.29, 0.717) is 0 Å². The molecule has 12 heavy (non-hydrogen) atoms. The number of benzene rings is 1. The number of nitrogens with zero attached hydrogens (tertiary/aromatic N) is 1. The lowest BCUT2D eigenvalue weighted by Gasteiger charge is -2.05. The first-order valence-corrected chi connectivity index (χ1v) is 3.82. The maximum absolute atomic E-state index is 8.74. The Kier molecular flexibility index (Phi) is 2.30. The number of allylic oxidation sites excluding steroid dienone is 1. The van der Waals surface area contributed by atoms with Crippen LogP contribution in [0.1, 0.15) is 23.6 Å². The van der Waals surface area contributed by atoms with Crippen molar-refractivity contribution in [3.8, 4) is 6.07 Å². The van der Waals surface area contributed by atoms with Crippen LogP contribution in [0.25, 0.3) is 5.57 Å². The average molecular weight is 157 g/mol. The van der Waals surface area contributed by atoms with E-state index in [2.05, 4.69) is 12.6 Å². The van der Waals surface area contributed by atoms with E-state index in [1.54, 1.807) is 0 Å². The Balaban J connectivity index is 3.35. The fourth-order valence-electron chi connectivity index (χ4n) is 1.22. The van der Waals surface area contributed by atoms with Crippen molar-refractivity contribution in [2.75, 3.05) is 0 Å². The van der Waals surface area contributed by atoms with Gasteiger partial charge in [0, 0.05) is 0 Å². The summed E-state index contributed by atoms with van der Waals surface area (Å²) < 4.78 is 0. The third-order valence-corrected chi connectivity index (χ3v) is 1.91. The molecule has 0 atom stereocenters. The summed E-state index contributed by atoms with van der Waals surface area (Å²) in [6.07, 6.45) is 0. The van der Waals surface area contributed by atoms with Gasteiger partial charge in [-0.1, -0.05) is 24.3 Å². The molecule has 0 bridgehead atoms. The third kappa shape index (κ3) is 1.38. The summed E-state index contributed by atoms with van der Waals surface area (Å²) in [7, 11) is 0. The molecule has 0 saturated heterocycles. The molecule has 60 valence electrons. The summed E-state index contributed by atoms with van der Waals surface area (Å²) in [4.78, 5) is 0. The van der Waals surface area contributed by atoms with E-state index in [4.69, 9.17) is 5.26 Å². The van der Waals surface area contributed by atoms with E-state index >= 15 is 0 Å². The van der Waals surface area contributed by atoms with E-state index in [1.807, 2.05) is 32.0 Å². The lowest BCUT2D eigenvalue weighted by molar-refractivity contribution is 1.36. The molecule has 0 aliphatic carbocycles. The lowest BCUT2D eigenvalue weighted by Crippen LogP contribution is -1.88. The van der Waals surface area contributed by atoms with Crippen LogP contribution in [0.3, 0.4) is 0 Å². The molecule has 0 saturated carbocycles. The molecule has 0 radical (unpaired) electrons. The quantitative estimate of drug-likeness (QED) is 0.615. The third-order valence-electron chi connectivity index (χ3n) is 1.91. The van der Waals surface area contributed by atoms with Crippen molar-refractivity contribution in [2.45, 2.75) is 13.8 Å². The minimum atomic E-state index is 0.732. The van der Waals surface area contributed by atoms with Gasteiger partial charge in [0.25, 0.3) is 0 Å². The van der Waals surface area contributed by atoms with Crippen molar-refractivity contribution < 1.29 is 0 Å². The monoisotopic (exact) mass is 157 g/mol. The summed E-state index contributed by atoms with van der Waals surface area (Å²) in [5.41, 5.74) is 3.83. The van der Waals surface area contributed by atoms with Gasteiger partial charge in [0.1, 0.15) is 0 Å². The summed E-state index contributed by atoms with van der Waals surface area (Å²) in [6, 6.07) is 7.84. The normalized spacial score (nSPS) is 9.08. The minimum absolute atomic E-state index is 0.732. The number of hydrogen-bond donors (Lipinski definition) is 0. The van der Waals surface area contributed by atoms with Crippen LogP contribution in [0, 0.1) is 18.3 Å². The molecule has 0 N–H and O–H groups in total. The standard InChI is InChI=1S/C11H11N/c1-8(2)11-6-4-5-10(7-12)9(11)3/h4-6H,1H2,2-3H3. The van der Waals surface area contributed by atoms with Crippen molar-refractivity contribution in [2.24, 2.45) is 0 Å². The highest BCUT2D eigenvalue weighted by atomic mass is 14.2. The Morgan fingerprint density at radius 3 is 2.67 bits per heavy atom. The van der Waals surface area contributed by atoms with Gasteiger partial charge >= 0.3 is 0 Å². The number of rotatable bonds is 1. The van der Waals surface area contributed by atoms with Crippen LogP contribution in [0.15, 0.2) is 24.8 Å². The largest absolute Gasteiger partial charge is 0.192 e. The summed E-state index contributed by atoms with van der Waals surface area (Å²) >= 11 is 0. The Morgan fingerprint density at radius 2 is 2.17 bits per heavy atom. The van der Waals surface area contributed by atoms with Crippen LogP contribution in [0.2, 0.25) is 0 Å². The molecule has 0 unspecified atom stereocenters. The number of hydrogen-bond acceptors (Lipinski definition) is 1. The zero-order chi connectivity index (χ0) is 9.14. The first-order valence-electron chi connectivity index (χ1n) is 3.82. The van der Waals surface area contributed by atoms with Gasteiger partial charge in [-0.25, -0.2) is 0 Å². The van der Waals surface area contributed by atoms with Crippen LogP contribution >= 0.6 is 0 Å². The van der Waals surface area contributed by atoms with Crippen molar-refractivity contribution in [1.29, 1.82) is 5.26 Å². The van der Waals surface area contributed by atoms with Gasteiger partial charge in [-0.05, 0) is 31.0 Å². The molecular formula is C11H11N. The number of nitriles is 1. The highest BCUT2D eigenvalue weighted by molar-refractivity contribution is 5.66. The fourth-order valence-corrected chi connectivity index (χ4v) is 1.22. The average Bonchev–Trinajstić information content (AvgIpc) is 2.04. The summed E-state index contributed by atoms with van der Waals surface area (Å²) in [6.45, 7) is 7.75. The van der Waals surface area contributed by atoms with Crippen LogP contribution in [-0.4, -0.2) is 0 Å². The minimum Gasteiger partial charge on any atom is -0.192 e. The van der Waals surface area contributed by atoms with Crippen molar-refractivity contribution in [3.05, 3.63) is 41.5 Å². The molecule has 1 rings (SSSR count). The zero-order valence-corrected chi connectivity index (χ0v) is 7.39. The Hall–Kier alpha value is -1.55. The SMILES string of the molecule is C=C(C)c1cccc(C#N)c1C. The van der Waals surface area contributed by atoms with Gasteiger partial charge in [0.2, 0.25) is 0 Å². The zero-order valence-electron chi connectivity index (χ0n) is 7.39. The van der Waals surface area contributed by atoms with Crippen LogP contribution in [0.5, 0.6) is 0 Å². The van der Waals surface area contributed by atoms with Crippen LogP contribution < -0.4 is 0 Å². The van der Waals surface area contributed by atoms with Crippen molar-refractivity contribution >= 4 is 5.57 Å². The van der Waals surface area contributed by atoms with E-state index in [9.17, 15) is 0 Å². The first kappa shape index (κ1) is 8.55. The van der Waals surface area contributed by atoms with Gasteiger partial charge in [0.15, 0.2) is 0 Å². The molecule has 1 nitrogen and oxygen atoms in total. The molecule has 1 heteroatoms. The van der Waals surface area contributed by atoms with Gasteiger partial charge in [-0.3, -0.25) is 0 Å². The van der Waals surface area contributed by atoms with Gasteiger partial charge in [0.05, 0.1) is 11.6 Å². The maximum atomic E-state index is 8.74. The Labute approximate surface area is 73.0 Å². The van der Waals surface area contributed by atoms with E-state index in [-0.39, 0.29) is 0 Å². The van der Waals surface area contributed by atoms with Crippen LogP contribution in [-0.2, 0) is 0 Å². The topological polar surface area (TPSA) is 23.8 Å². The molecule has 0 aliphatic rings. The van der Waals surface area contributed by atoms with Gasteiger partial charge in [-0.2, -0.15) is 5.26 Å². The van der Waals surface area contributed by atoms with Gasteiger partial charge in [-0.15, -0.1) is 0 Å². The molecule has 1 aromatic carbocycles. The molecule has 1 aromatic rings. The molecular weight excluding hydrogens is 146 g/mol. The maximum Gasteiger partial charge on any atom is 0.0994 e. The predicted octanol–water partition coefficient (Wildman–Crippen LogP) is 2.90. The second-order valence-electron chi connectivity index (χ2n) is 2.87. The Morgan fingerprint density at radius 1 is 1.50 bits per heavy atom. The molecule has 0 spiro atoms. The second-order valence-corrected chi connectivity index (χ2v) is 2.87. The summed E-state index contributed by atoms with van der Waals surface area (Å²) in [5.74, 6) is 0. The van der Waals surface area contributed by atoms with Crippen molar-refractivity contribution in [3.63, 3.8) is 0 Å². The first-order chi connectivity index (χ1) is 5.66. The summed E-state index contributed by atoms with van der Waals surface area (Å²) in [5, 5.41) is 8.74. The van der Waals surface area contributed by atoms with E-state index in [0.717, 1.165) is 22.3 Å². The predicted molar refractivity (Wildman–Crippen MR) is 50.6 cm³/mol. The lowest BCUT2D eigenvalue weighted by atomic mass is 9.99. The molecule has 0 heterocycles. The second kappa shape index (κ2) is 3.23. The molecule has 0 aliphatic heterocycles. The molecule has 0 fully saturated rings. The molecule has 0 amide bonds. The fraction of sp³-hybridized carbons (Fsp3) is 0.182. The van der Waals surface area contributed by atoms with E-state index in [1.165, 1.54) is 0 Å². The smallest absolute Gasteiger partial charge is 0.0994 e. The van der Waals surface area contributed by atoms with E-state index < -0.39 is 0 Å². The Bertz CT molecular complexity index is 356. The molecule has 0 aromatic heterocycles. The van der Waals surface area contributed by atoms with Crippen LogP contribution in [0.4, 0.5) is 0 Å². The highest BCUT2D eigenvalue weighted by Gasteiger charge is 2.02. The van der Waals surface area contributed by atoms with Crippen molar-refractivity contribution in [1.82, 2.24) is 0 Å².